The first-order valence-corrected chi connectivity index (χ1v) is 7.57. The van der Waals surface area contributed by atoms with E-state index in [0.29, 0.717) is 0 Å². The summed E-state index contributed by atoms with van der Waals surface area (Å²) in [5.74, 6) is 0. The number of likely N-dealkylation sites (tertiary alicyclic amines) is 1. The van der Waals surface area contributed by atoms with Gasteiger partial charge in [0.25, 0.3) is 0 Å². The molecule has 0 bridgehead atoms. The molecule has 2 heterocycles. The molecule has 0 radical (unpaired) electrons. The van der Waals surface area contributed by atoms with Crippen molar-refractivity contribution in [1.82, 2.24) is 4.90 Å². The maximum atomic E-state index is 6.09. The monoisotopic (exact) mass is 309 g/mol. The number of rotatable bonds is 2. The predicted octanol–water partition coefficient (Wildman–Crippen LogP) is 2.71. The van der Waals surface area contributed by atoms with Crippen LogP contribution < -0.4 is 10.6 Å². The van der Waals surface area contributed by atoms with Crippen molar-refractivity contribution >= 4 is 27.3 Å². The summed E-state index contributed by atoms with van der Waals surface area (Å²) < 4.78 is 1.11. The van der Waals surface area contributed by atoms with E-state index in [1.807, 2.05) is 12.1 Å². The van der Waals surface area contributed by atoms with E-state index in [1.54, 1.807) is 0 Å². The molecule has 0 aromatic heterocycles. The summed E-state index contributed by atoms with van der Waals surface area (Å²) in [7, 11) is 0. The third kappa shape index (κ3) is 2.36. The highest BCUT2D eigenvalue weighted by Gasteiger charge is 2.29. The van der Waals surface area contributed by atoms with Crippen LogP contribution in [0.3, 0.4) is 0 Å². The summed E-state index contributed by atoms with van der Waals surface area (Å²) in [5.41, 5.74) is 8.17. The van der Waals surface area contributed by atoms with Crippen molar-refractivity contribution in [2.45, 2.75) is 25.3 Å². The predicted molar refractivity (Wildman–Crippen MR) is 80.0 cm³/mol. The van der Waals surface area contributed by atoms with Crippen LogP contribution in [0.15, 0.2) is 22.7 Å². The topological polar surface area (TPSA) is 32.5 Å². The van der Waals surface area contributed by atoms with Gasteiger partial charge in [0.2, 0.25) is 0 Å². The van der Waals surface area contributed by atoms with Crippen molar-refractivity contribution in [3.63, 3.8) is 0 Å². The van der Waals surface area contributed by atoms with Crippen LogP contribution in [0.5, 0.6) is 0 Å². The first kappa shape index (κ1) is 12.3. The number of halogens is 1. The Hall–Kier alpha value is -0.740. The molecule has 2 fully saturated rings. The van der Waals surface area contributed by atoms with E-state index >= 15 is 0 Å². The second-order valence-corrected chi connectivity index (χ2v) is 6.25. The number of nitrogens with two attached hydrogens (primary N) is 1. The van der Waals surface area contributed by atoms with E-state index < -0.39 is 0 Å². The SMILES string of the molecule is Nc1ccc(Br)cc1N1CCC(N2CCCC2)C1. The largest absolute Gasteiger partial charge is 0.397 e. The van der Waals surface area contributed by atoms with Crippen molar-refractivity contribution < 1.29 is 0 Å². The van der Waals surface area contributed by atoms with Crippen molar-refractivity contribution in [1.29, 1.82) is 0 Å². The summed E-state index contributed by atoms with van der Waals surface area (Å²) in [6.45, 7) is 4.82. The Morgan fingerprint density at radius 2 is 1.94 bits per heavy atom. The molecule has 98 valence electrons. The van der Waals surface area contributed by atoms with Crippen molar-refractivity contribution in [3.05, 3.63) is 22.7 Å². The van der Waals surface area contributed by atoms with Crippen LogP contribution in [0.4, 0.5) is 11.4 Å². The average Bonchev–Trinajstić information content (AvgIpc) is 3.00. The fourth-order valence-electron chi connectivity index (χ4n) is 3.16. The zero-order valence-electron chi connectivity index (χ0n) is 10.6. The standard InChI is InChI=1S/C14H20BrN3/c15-11-3-4-13(16)14(9-11)18-8-5-12(10-18)17-6-1-2-7-17/h3-4,9,12H,1-2,5-8,10,16H2. The molecule has 4 heteroatoms. The zero-order chi connectivity index (χ0) is 12.5. The van der Waals surface area contributed by atoms with Crippen molar-refractivity contribution in [3.8, 4) is 0 Å². The van der Waals surface area contributed by atoms with Crippen LogP contribution in [-0.2, 0) is 0 Å². The van der Waals surface area contributed by atoms with Gasteiger partial charge < -0.3 is 10.6 Å². The van der Waals surface area contributed by atoms with Crippen LogP contribution >= 0.6 is 15.9 Å². The van der Waals surface area contributed by atoms with Gasteiger partial charge in [-0.2, -0.15) is 0 Å². The summed E-state index contributed by atoms with van der Waals surface area (Å²) in [4.78, 5) is 5.08. The van der Waals surface area contributed by atoms with Gasteiger partial charge in [-0.1, -0.05) is 15.9 Å². The van der Waals surface area contributed by atoms with Crippen LogP contribution in [-0.4, -0.2) is 37.1 Å². The van der Waals surface area contributed by atoms with E-state index in [9.17, 15) is 0 Å². The molecule has 1 aromatic carbocycles. The van der Waals surface area contributed by atoms with Crippen LogP contribution in [0, 0.1) is 0 Å². The third-order valence-corrected chi connectivity index (χ3v) is 4.65. The summed E-state index contributed by atoms with van der Waals surface area (Å²) in [6.07, 6.45) is 4.01. The quantitative estimate of drug-likeness (QED) is 0.853. The van der Waals surface area contributed by atoms with Crippen LogP contribution in [0.2, 0.25) is 0 Å². The van der Waals surface area contributed by atoms with Gasteiger partial charge in [0.1, 0.15) is 0 Å². The van der Waals surface area contributed by atoms with Gasteiger partial charge in [-0.3, -0.25) is 4.90 Å². The van der Waals surface area contributed by atoms with Gasteiger partial charge in [-0.15, -0.1) is 0 Å². The Kier molecular flexibility index (Phi) is 3.48. The fourth-order valence-corrected chi connectivity index (χ4v) is 3.51. The molecule has 1 atom stereocenters. The Bertz CT molecular complexity index is 429. The van der Waals surface area contributed by atoms with Gasteiger partial charge in [0.15, 0.2) is 0 Å². The average molecular weight is 310 g/mol. The molecule has 18 heavy (non-hydrogen) atoms. The minimum Gasteiger partial charge on any atom is -0.397 e. The molecule has 3 rings (SSSR count). The Balaban J connectivity index is 1.72. The maximum Gasteiger partial charge on any atom is 0.0611 e. The highest BCUT2D eigenvalue weighted by atomic mass is 79.9. The van der Waals surface area contributed by atoms with E-state index in [-0.39, 0.29) is 0 Å². The molecule has 2 N–H and O–H groups in total. The number of benzene rings is 1. The maximum absolute atomic E-state index is 6.09. The van der Waals surface area contributed by atoms with Gasteiger partial charge in [-0.25, -0.2) is 0 Å². The van der Waals surface area contributed by atoms with E-state index in [0.717, 1.165) is 29.3 Å². The minimum atomic E-state index is 0.728. The molecule has 1 aromatic rings. The molecular formula is C14H20BrN3. The molecule has 2 aliphatic rings. The molecule has 2 saturated heterocycles. The number of hydrogen-bond acceptors (Lipinski definition) is 3. The lowest BCUT2D eigenvalue weighted by molar-refractivity contribution is 0.260. The Morgan fingerprint density at radius 3 is 2.72 bits per heavy atom. The molecule has 3 nitrogen and oxygen atoms in total. The molecule has 0 spiro atoms. The summed E-state index contributed by atoms with van der Waals surface area (Å²) >= 11 is 3.53. The van der Waals surface area contributed by atoms with Gasteiger partial charge in [-0.05, 0) is 50.6 Å². The van der Waals surface area contributed by atoms with Crippen molar-refractivity contribution in [2.24, 2.45) is 0 Å². The molecule has 0 amide bonds. The van der Waals surface area contributed by atoms with Crippen LogP contribution in [0.25, 0.3) is 0 Å². The van der Waals surface area contributed by atoms with Gasteiger partial charge in [0, 0.05) is 23.6 Å². The molecule has 0 saturated carbocycles. The normalized spacial score (nSPS) is 24.9. The summed E-state index contributed by atoms with van der Waals surface area (Å²) in [6, 6.07) is 6.86. The third-order valence-electron chi connectivity index (χ3n) is 4.15. The lowest BCUT2D eigenvalue weighted by Gasteiger charge is -2.25. The van der Waals surface area contributed by atoms with Crippen molar-refractivity contribution in [2.75, 3.05) is 36.8 Å². The zero-order valence-corrected chi connectivity index (χ0v) is 12.2. The molecule has 2 aliphatic heterocycles. The molecule has 1 unspecified atom stereocenters. The van der Waals surface area contributed by atoms with E-state index in [4.69, 9.17) is 5.73 Å². The minimum absolute atomic E-state index is 0.728. The van der Waals surface area contributed by atoms with E-state index in [2.05, 4.69) is 31.8 Å². The molecular weight excluding hydrogens is 290 g/mol. The first-order chi connectivity index (χ1) is 8.74. The lowest BCUT2D eigenvalue weighted by Crippen LogP contribution is -2.35. The first-order valence-electron chi connectivity index (χ1n) is 6.78. The highest BCUT2D eigenvalue weighted by Crippen LogP contribution is 2.31. The number of anilines is 2. The highest BCUT2D eigenvalue weighted by molar-refractivity contribution is 9.10. The van der Waals surface area contributed by atoms with E-state index in [1.165, 1.54) is 38.0 Å². The van der Waals surface area contributed by atoms with Gasteiger partial charge >= 0.3 is 0 Å². The lowest BCUT2D eigenvalue weighted by atomic mass is 10.2. The van der Waals surface area contributed by atoms with Gasteiger partial charge in [0.05, 0.1) is 11.4 Å². The fraction of sp³-hybridized carbons (Fsp3) is 0.571. The Morgan fingerprint density at radius 1 is 1.17 bits per heavy atom. The number of nitrogens with zero attached hydrogens (tertiary/aromatic N) is 2. The number of nitrogen functional groups attached to an aromatic ring is 1. The molecule has 0 aliphatic carbocycles. The smallest absolute Gasteiger partial charge is 0.0611 e. The Labute approximate surface area is 117 Å². The van der Waals surface area contributed by atoms with Crippen LogP contribution in [0.1, 0.15) is 19.3 Å². The second-order valence-electron chi connectivity index (χ2n) is 5.33. The summed E-state index contributed by atoms with van der Waals surface area (Å²) in [5, 5.41) is 0. The second kappa shape index (κ2) is 5.10. The number of hydrogen-bond donors (Lipinski definition) is 1.